The van der Waals surface area contributed by atoms with Crippen molar-refractivity contribution in [2.24, 2.45) is 0 Å². The molecule has 4 rings (SSSR count). The van der Waals surface area contributed by atoms with E-state index in [0.29, 0.717) is 39.7 Å². The fraction of sp³-hybridized carbons (Fsp3) is 0.406. The Hall–Kier alpha value is -3.62. The summed E-state index contributed by atoms with van der Waals surface area (Å²) in [5.74, 6) is -0.624. The van der Waals surface area contributed by atoms with Gasteiger partial charge in [0.2, 0.25) is 5.91 Å². The number of nitrogens with one attached hydrogen (secondary N) is 3. The Balaban J connectivity index is 1.59. The zero-order chi connectivity index (χ0) is 29.7. The average molecular weight is 579 g/mol. The van der Waals surface area contributed by atoms with Gasteiger partial charge < -0.3 is 25.1 Å². The van der Waals surface area contributed by atoms with E-state index in [2.05, 4.69) is 15.6 Å². The Morgan fingerprint density at radius 2 is 1.83 bits per heavy atom. The number of benzene rings is 2. The molecule has 41 heavy (non-hydrogen) atoms. The number of aryl methyl sites for hydroxylation is 2. The Kier molecular flexibility index (Phi) is 9.56. The first kappa shape index (κ1) is 30.3. The van der Waals surface area contributed by atoms with E-state index in [1.54, 1.807) is 13.0 Å². The van der Waals surface area contributed by atoms with Crippen molar-refractivity contribution < 1.29 is 19.1 Å². The van der Waals surface area contributed by atoms with Crippen LogP contribution in [0.2, 0.25) is 5.02 Å². The number of ether oxygens (including phenoxy) is 2. The van der Waals surface area contributed by atoms with E-state index >= 15 is 0 Å². The number of halogens is 1. The lowest BCUT2D eigenvalue weighted by Gasteiger charge is -2.33. The van der Waals surface area contributed by atoms with Crippen molar-refractivity contribution in [3.05, 3.63) is 87.0 Å². The molecule has 1 aliphatic rings. The van der Waals surface area contributed by atoms with Gasteiger partial charge in [0.25, 0.3) is 0 Å². The summed E-state index contributed by atoms with van der Waals surface area (Å²) in [6.07, 6.45) is 1.46. The SMILES string of the molecule is CCOC(=O)C1=C(COCCCc2nc3c(C)cccc3[nH]2)NC(C)=C(C(=O)NC(C)(C)C)C1c1ccccc1Cl. The second-order valence-corrected chi connectivity index (χ2v) is 11.7. The molecule has 0 radical (unpaired) electrons. The van der Waals surface area contributed by atoms with Gasteiger partial charge in [-0.1, -0.05) is 41.9 Å². The number of H-pyrrole nitrogens is 1. The minimum absolute atomic E-state index is 0.139. The largest absolute Gasteiger partial charge is 0.463 e. The molecule has 1 aromatic heterocycles. The Morgan fingerprint density at radius 3 is 2.51 bits per heavy atom. The maximum Gasteiger partial charge on any atom is 0.336 e. The highest BCUT2D eigenvalue weighted by atomic mass is 35.5. The van der Waals surface area contributed by atoms with Gasteiger partial charge in [0, 0.05) is 34.9 Å². The molecule has 9 heteroatoms. The summed E-state index contributed by atoms with van der Waals surface area (Å²) in [7, 11) is 0. The van der Waals surface area contributed by atoms with E-state index in [1.807, 2.05) is 71.0 Å². The molecule has 0 saturated heterocycles. The summed E-state index contributed by atoms with van der Waals surface area (Å²) in [4.78, 5) is 35.2. The summed E-state index contributed by atoms with van der Waals surface area (Å²) >= 11 is 6.66. The molecule has 8 nitrogen and oxygen atoms in total. The van der Waals surface area contributed by atoms with Crippen molar-refractivity contribution in [1.82, 2.24) is 20.6 Å². The minimum atomic E-state index is -0.733. The number of fused-ring (bicyclic) bond motifs is 1. The molecule has 0 spiro atoms. The number of imidazole rings is 1. The topological polar surface area (TPSA) is 105 Å². The maximum atomic E-state index is 13.6. The quantitative estimate of drug-likeness (QED) is 0.205. The van der Waals surface area contributed by atoms with Crippen LogP contribution < -0.4 is 10.6 Å². The molecule has 0 fully saturated rings. The van der Waals surface area contributed by atoms with E-state index in [4.69, 9.17) is 26.1 Å². The van der Waals surface area contributed by atoms with Crippen LogP contribution in [0.15, 0.2) is 65.0 Å². The summed E-state index contributed by atoms with van der Waals surface area (Å²) in [6, 6.07) is 13.3. The fourth-order valence-electron chi connectivity index (χ4n) is 5.05. The minimum Gasteiger partial charge on any atom is -0.463 e. The van der Waals surface area contributed by atoms with Crippen LogP contribution in [0, 0.1) is 6.92 Å². The number of allylic oxidation sites excluding steroid dienone is 1. The number of amides is 1. The molecule has 1 atom stereocenters. The first-order valence-electron chi connectivity index (χ1n) is 14.0. The van der Waals surface area contributed by atoms with E-state index in [9.17, 15) is 9.59 Å². The summed E-state index contributed by atoms with van der Waals surface area (Å²) < 4.78 is 11.6. The van der Waals surface area contributed by atoms with Crippen molar-refractivity contribution >= 4 is 34.5 Å². The molecular formula is C32H39ClN4O4. The molecule has 1 unspecified atom stereocenters. The van der Waals surface area contributed by atoms with Gasteiger partial charge in [-0.25, -0.2) is 9.78 Å². The molecule has 0 saturated carbocycles. The highest BCUT2D eigenvalue weighted by Gasteiger charge is 2.39. The molecular weight excluding hydrogens is 540 g/mol. The summed E-state index contributed by atoms with van der Waals surface area (Å²) in [5.41, 5.74) is 5.22. The lowest BCUT2D eigenvalue weighted by molar-refractivity contribution is -0.138. The molecule has 0 bridgehead atoms. The molecule has 3 aromatic rings. The third-order valence-electron chi connectivity index (χ3n) is 6.80. The van der Waals surface area contributed by atoms with Crippen LogP contribution >= 0.6 is 11.6 Å². The van der Waals surface area contributed by atoms with Crippen molar-refractivity contribution in [2.45, 2.75) is 65.8 Å². The summed E-state index contributed by atoms with van der Waals surface area (Å²) in [6.45, 7) is 12.1. The number of aromatic nitrogens is 2. The van der Waals surface area contributed by atoms with Crippen LogP contribution in [0.25, 0.3) is 11.0 Å². The number of carbonyl (C=O) groups is 2. The number of rotatable bonds is 10. The van der Waals surface area contributed by atoms with Crippen molar-refractivity contribution in [3.63, 3.8) is 0 Å². The van der Waals surface area contributed by atoms with E-state index in [1.165, 1.54) is 0 Å². The average Bonchev–Trinajstić information content (AvgIpc) is 3.32. The van der Waals surface area contributed by atoms with Gasteiger partial charge in [-0.15, -0.1) is 0 Å². The van der Waals surface area contributed by atoms with Crippen LogP contribution in [-0.2, 0) is 25.5 Å². The molecule has 218 valence electrons. The monoisotopic (exact) mass is 578 g/mol. The van der Waals surface area contributed by atoms with Gasteiger partial charge in [0.05, 0.1) is 41.4 Å². The van der Waals surface area contributed by atoms with Gasteiger partial charge in [-0.05, 0) is 71.2 Å². The van der Waals surface area contributed by atoms with Gasteiger partial charge in [-0.3, -0.25) is 4.79 Å². The number of dihydropyridines is 1. The number of hydrogen-bond donors (Lipinski definition) is 3. The third-order valence-corrected chi connectivity index (χ3v) is 7.15. The molecule has 1 aliphatic heterocycles. The Labute approximate surface area is 246 Å². The normalized spacial score (nSPS) is 15.7. The first-order chi connectivity index (χ1) is 19.5. The molecule has 0 aliphatic carbocycles. The maximum absolute atomic E-state index is 13.6. The van der Waals surface area contributed by atoms with Crippen molar-refractivity contribution in [1.29, 1.82) is 0 Å². The first-order valence-corrected chi connectivity index (χ1v) is 14.3. The number of nitrogens with zero attached hydrogens (tertiary/aromatic N) is 1. The number of aromatic amines is 1. The Morgan fingerprint density at radius 1 is 1.07 bits per heavy atom. The number of esters is 1. The van der Waals surface area contributed by atoms with Crippen LogP contribution in [-0.4, -0.2) is 47.2 Å². The molecule has 2 aromatic carbocycles. The number of carbonyl (C=O) groups excluding carboxylic acids is 2. The highest BCUT2D eigenvalue weighted by molar-refractivity contribution is 6.31. The van der Waals surface area contributed by atoms with Crippen LogP contribution in [0.3, 0.4) is 0 Å². The molecule has 3 N–H and O–H groups in total. The smallest absolute Gasteiger partial charge is 0.336 e. The Bertz CT molecular complexity index is 1500. The van der Waals surface area contributed by atoms with Crippen LogP contribution in [0.4, 0.5) is 0 Å². The third kappa shape index (κ3) is 7.18. The van der Waals surface area contributed by atoms with E-state index < -0.39 is 17.4 Å². The fourth-order valence-corrected chi connectivity index (χ4v) is 5.30. The highest BCUT2D eigenvalue weighted by Crippen LogP contribution is 2.41. The van der Waals surface area contributed by atoms with Gasteiger partial charge in [-0.2, -0.15) is 0 Å². The number of para-hydroxylation sites is 1. The predicted molar refractivity (Wildman–Crippen MR) is 162 cm³/mol. The predicted octanol–water partition coefficient (Wildman–Crippen LogP) is 5.87. The van der Waals surface area contributed by atoms with Crippen molar-refractivity contribution in [2.75, 3.05) is 19.8 Å². The van der Waals surface area contributed by atoms with Crippen molar-refractivity contribution in [3.8, 4) is 0 Å². The molecule has 1 amide bonds. The van der Waals surface area contributed by atoms with E-state index in [-0.39, 0.29) is 19.1 Å². The second kappa shape index (κ2) is 12.9. The van der Waals surface area contributed by atoms with E-state index in [0.717, 1.165) is 35.3 Å². The zero-order valence-electron chi connectivity index (χ0n) is 24.6. The summed E-state index contributed by atoms with van der Waals surface area (Å²) in [5, 5.41) is 6.78. The standard InChI is InChI=1S/C32H39ClN4O4/c1-7-41-31(39)28-24(18-40-17-11-16-25-35-23-15-10-12-19(2)29(23)36-25)34-20(3)26(30(38)37-32(4,5)6)27(28)21-13-8-9-14-22(21)33/h8-10,12-15,27,34H,7,11,16-18H2,1-6H3,(H,35,36)(H,37,38). The molecule has 2 heterocycles. The van der Waals surface area contributed by atoms with Crippen LogP contribution in [0.5, 0.6) is 0 Å². The number of hydrogen-bond acceptors (Lipinski definition) is 6. The lowest BCUT2D eigenvalue weighted by Crippen LogP contribution is -2.45. The van der Waals surface area contributed by atoms with Crippen LogP contribution in [0.1, 0.15) is 63.9 Å². The van der Waals surface area contributed by atoms with Gasteiger partial charge >= 0.3 is 5.97 Å². The van der Waals surface area contributed by atoms with Gasteiger partial charge in [0.1, 0.15) is 5.82 Å². The lowest BCUT2D eigenvalue weighted by atomic mass is 9.79. The second-order valence-electron chi connectivity index (χ2n) is 11.2. The zero-order valence-corrected chi connectivity index (χ0v) is 25.4. The van der Waals surface area contributed by atoms with Gasteiger partial charge in [0.15, 0.2) is 0 Å².